The van der Waals surface area contributed by atoms with Gasteiger partial charge in [-0.2, -0.15) is 0 Å². The first-order chi connectivity index (χ1) is 16.9. The van der Waals surface area contributed by atoms with Gasteiger partial charge in [-0.25, -0.2) is 9.59 Å². The number of urea groups is 1. The molecule has 0 spiro atoms. The Morgan fingerprint density at radius 2 is 1.77 bits per heavy atom. The van der Waals surface area contributed by atoms with E-state index in [0.29, 0.717) is 42.1 Å². The molecule has 35 heavy (non-hydrogen) atoms. The molecule has 1 saturated heterocycles. The van der Waals surface area contributed by atoms with Gasteiger partial charge in [0.15, 0.2) is 0 Å². The Hall–Kier alpha value is -3.55. The van der Waals surface area contributed by atoms with Crippen molar-refractivity contribution in [3.8, 4) is 0 Å². The normalized spacial score (nSPS) is 16.5. The number of amides is 2. The molecule has 8 heteroatoms. The molecule has 0 bridgehead atoms. The number of para-hydroxylation sites is 1. The van der Waals surface area contributed by atoms with Crippen LogP contribution in [0.25, 0.3) is 10.9 Å². The predicted octanol–water partition coefficient (Wildman–Crippen LogP) is 3.90. The zero-order valence-electron chi connectivity index (χ0n) is 20.4. The molecule has 2 fully saturated rings. The van der Waals surface area contributed by atoms with E-state index in [0.717, 1.165) is 32.4 Å². The molecule has 1 N–H and O–H groups in total. The minimum Gasteiger partial charge on any atom is -0.370 e. The second-order valence-corrected chi connectivity index (χ2v) is 9.93. The monoisotopic (exact) mass is 475 g/mol. The number of carbonyl (C=O) groups is 1. The zero-order chi connectivity index (χ0) is 24.5. The highest BCUT2D eigenvalue weighted by molar-refractivity contribution is 5.92. The topological polar surface area (TPSA) is 79.6 Å². The third-order valence-corrected chi connectivity index (χ3v) is 6.98. The predicted molar refractivity (Wildman–Crippen MR) is 139 cm³/mol. The van der Waals surface area contributed by atoms with Gasteiger partial charge in [0, 0.05) is 50.1 Å². The lowest BCUT2D eigenvalue weighted by Crippen LogP contribution is -2.41. The molecular weight excluding hydrogens is 442 g/mol. The average Bonchev–Trinajstić information content (AvgIpc) is 3.69. The summed E-state index contributed by atoms with van der Waals surface area (Å²) in [6.45, 7) is 7.31. The van der Waals surface area contributed by atoms with Crippen LogP contribution in [-0.4, -0.2) is 46.2 Å². The maximum atomic E-state index is 13.3. The smallest absolute Gasteiger partial charge is 0.331 e. The van der Waals surface area contributed by atoms with Crippen LogP contribution in [0.1, 0.15) is 39.2 Å². The highest BCUT2D eigenvalue weighted by Crippen LogP contribution is 2.30. The van der Waals surface area contributed by atoms with Crippen molar-refractivity contribution in [3.05, 3.63) is 69.4 Å². The van der Waals surface area contributed by atoms with Gasteiger partial charge in [-0.3, -0.25) is 13.9 Å². The zero-order valence-corrected chi connectivity index (χ0v) is 20.4. The van der Waals surface area contributed by atoms with Gasteiger partial charge in [0.2, 0.25) is 0 Å². The number of nitrogens with one attached hydrogen (secondary N) is 1. The summed E-state index contributed by atoms with van der Waals surface area (Å²) in [5.41, 5.74) is 1.80. The van der Waals surface area contributed by atoms with Crippen LogP contribution in [0.2, 0.25) is 0 Å². The molecule has 0 radical (unpaired) electrons. The van der Waals surface area contributed by atoms with E-state index in [1.54, 1.807) is 22.8 Å². The number of hydrogen-bond donors (Lipinski definition) is 1. The molecule has 3 aromatic rings. The Morgan fingerprint density at radius 3 is 2.49 bits per heavy atom. The molecule has 2 aliphatic rings. The van der Waals surface area contributed by atoms with Crippen LogP contribution in [0, 0.1) is 5.92 Å². The maximum absolute atomic E-state index is 13.3. The van der Waals surface area contributed by atoms with E-state index in [9.17, 15) is 14.4 Å². The SMILES string of the molecule is CC(C)n1c(=O)n(CC2CC2)c(=O)c2cc(NC(=O)N3CCCN(c4ccccc4)CC3)ccc21. The lowest BCUT2D eigenvalue weighted by molar-refractivity contribution is 0.215. The molecule has 1 aliphatic carbocycles. The number of anilines is 2. The summed E-state index contributed by atoms with van der Waals surface area (Å²) >= 11 is 0. The second kappa shape index (κ2) is 9.60. The highest BCUT2D eigenvalue weighted by Gasteiger charge is 2.25. The van der Waals surface area contributed by atoms with Crippen LogP contribution in [0.3, 0.4) is 0 Å². The lowest BCUT2D eigenvalue weighted by atomic mass is 10.2. The van der Waals surface area contributed by atoms with Crippen LogP contribution in [0.5, 0.6) is 0 Å². The summed E-state index contributed by atoms with van der Waals surface area (Å²) in [7, 11) is 0. The summed E-state index contributed by atoms with van der Waals surface area (Å²) in [5, 5.41) is 3.44. The molecule has 1 aliphatic heterocycles. The molecule has 2 heterocycles. The van der Waals surface area contributed by atoms with Gasteiger partial charge < -0.3 is 15.1 Å². The minimum atomic E-state index is -0.279. The van der Waals surface area contributed by atoms with E-state index in [-0.39, 0.29) is 23.3 Å². The Balaban J connectivity index is 1.38. The molecular formula is C27H33N5O3. The Morgan fingerprint density at radius 1 is 1.00 bits per heavy atom. The van der Waals surface area contributed by atoms with Crippen LogP contribution >= 0.6 is 0 Å². The summed E-state index contributed by atoms with van der Waals surface area (Å²) in [6.07, 6.45) is 2.99. The molecule has 5 rings (SSSR count). The van der Waals surface area contributed by atoms with Crippen LogP contribution in [-0.2, 0) is 6.54 Å². The van der Waals surface area contributed by atoms with Crippen LogP contribution < -0.4 is 21.5 Å². The van der Waals surface area contributed by atoms with E-state index < -0.39 is 0 Å². The first-order valence-corrected chi connectivity index (χ1v) is 12.6. The van der Waals surface area contributed by atoms with Crippen molar-refractivity contribution >= 4 is 28.3 Å². The average molecular weight is 476 g/mol. The van der Waals surface area contributed by atoms with Crippen LogP contribution in [0.15, 0.2) is 58.1 Å². The third kappa shape index (κ3) is 4.83. The molecule has 1 saturated carbocycles. The first-order valence-electron chi connectivity index (χ1n) is 12.6. The quantitative estimate of drug-likeness (QED) is 0.607. The largest absolute Gasteiger partial charge is 0.370 e. The van der Waals surface area contributed by atoms with Gasteiger partial charge in [-0.1, -0.05) is 18.2 Å². The number of carbonyl (C=O) groups excluding carboxylic acids is 1. The molecule has 2 aromatic carbocycles. The third-order valence-electron chi connectivity index (χ3n) is 6.98. The number of rotatable bonds is 5. The van der Waals surface area contributed by atoms with Gasteiger partial charge in [0.1, 0.15) is 0 Å². The van der Waals surface area contributed by atoms with Gasteiger partial charge >= 0.3 is 11.7 Å². The number of aromatic nitrogens is 2. The van der Waals surface area contributed by atoms with Crippen molar-refractivity contribution in [3.63, 3.8) is 0 Å². The Bertz CT molecular complexity index is 1340. The second-order valence-electron chi connectivity index (χ2n) is 9.93. The molecule has 2 amide bonds. The molecule has 184 valence electrons. The number of nitrogens with zero attached hydrogens (tertiary/aromatic N) is 4. The fourth-order valence-corrected chi connectivity index (χ4v) is 4.90. The maximum Gasteiger partial charge on any atom is 0.331 e. The number of benzene rings is 2. The standard InChI is InChI=1S/C27H33N5O3/c1-19(2)32-24-12-11-21(17-23(24)25(33)31(27(32)35)18-20-9-10-20)28-26(34)30-14-6-13-29(15-16-30)22-7-4-3-5-8-22/h3-5,7-8,11-12,17,19-20H,6,9-10,13-16,18H2,1-2H3,(H,28,34). The minimum absolute atomic E-state index is 0.0823. The Kier molecular flexibility index (Phi) is 6.36. The van der Waals surface area contributed by atoms with Gasteiger partial charge in [-0.05, 0) is 69.4 Å². The van der Waals surface area contributed by atoms with E-state index in [1.165, 1.54) is 10.3 Å². The van der Waals surface area contributed by atoms with E-state index >= 15 is 0 Å². The van der Waals surface area contributed by atoms with Crippen molar-refractivity contribution in [2.45, 2.75) is 45.7 Å². The van der Waals surface area contributed by atoms with E-state index in [4.69, 9.17) is 0 Å². The fraction of sp³-hybridized carbons (Fsp3) is 0.444. The van der Waals surface area contributed by atoms with Crippen molar-refractivity contribution in [1.29, 1.82) is 0 Å². The fourth-order valence-electron chi connectivity index (χ4n) is 4.90. The van der Waals surface area contributed by atoms with Crippen molar-refractivity contribution in [2.24, 2.45) is 5.92 Å². The van der Waals surface area contributed by atoms with Crippen molar-refractivity contribution in [2.75, 3.05) is 36.4 Å². The molecule has 8 nitrogen and oxygen atoms in total. The van der Waals surface area contributed by atoms with E-state index in [2.05, 4.69) is 22.3 Å². The van der Waals surface area contributed by atoms with Gasteiger partial charge in [0.05, 0.1) is 10.9 Å². The van der Waals surface area contributed by atoms with Gasteiger partial charge in [-0.15, -0.1) is 0 Å². The molecule has 1 aromatic heterocycles. The number of fused-ring (bicyclic) bond motifs is 1. The van der Waals surface area contributed by atoms with Crippen molar-refractivity contribution < 1.29 is 4.79 Å². The first kappa shape index (κ1) is 23.2. The number of hydrogen-bond acceptors (Lipinski definition) is 4. The summed E-state index contributed by atoms with van der Waals surface area (Å²) in [5.74, 6) is 0.403. The highest BCUT2D eigenvalue weighted by atomic mass is 16.2. The summed E-state index contributed by atoms with van der Waals surface area (Å²) in [4.78, 5) is 43.6. The van der Waals surface area contributed by atoms with Crippen molar-refractivity contribution in [1.82, 2.24) is 14.0 Å². The summed E-state index contributed by atoms with van der Waals surface area (Å²) in [6, 6.07) is 15.3. The van der Waals surface area contributed by atoms with Gasteiger partial charge in [0.25, 0.3) is 5.56 Å². The summed E-state index contributed by atoms with van der Waals surface area (Å²) < 4.78 is 3.05. The Labute approximate surface area is 204 Å². The molecule has 0 atom stereocenters. The lowest BCUT2D eigenvalue weighted by Gasteiger charge is -2.24. The molecule has 0 unspecified atom stereocenters. The van der Waals surface area contributed by atoms with Crippen LogP contribution in [0.4, 0.5) is 16.2 Å². The van der Waals surface area contributed by atoms with E-state index in [1.807, 2.05) is 36.9 Å².